The molecule has 1 amide bonds. The van der Waals surface area contributed by atoms with Crippen molar-refractivity contribution < 1.29 is 22.7 Å². The molecule has 0 atom stereocenters. The first kappa shape index (κ1) is 27.7. The number of hydrogen-bond acceptors (Lipinski definition) is 5. The molecule has 0 aliphatic carbocycles. The van der Waals surface area contributed by atoms with Crippen LogP contribution in [0.15, 0.2) is 10.4 Å². The molecule has 0 unspecified atom stereocenters. The molecule has 0 spiro atoms. The molecule has 29 heavy (non-hydrogen) atoms. The van der Waals surface area contributed by atoms with E-state index >= 15 is 0 Å². The van der Waals surface area contributed by atoms with Crippen LogP contribution in [0.1, 0.15) is 44.8 Å². The van der Waals surface area contributed by atoms with E-state index in [4.69, 9.17) is 4.74 Å². The fourth-order valence-electron chi connectivity index (χ4n) is 2.10. The molecule has 12 heteroatoms. The van der Waals surface area contributed by atoms with E-state index in [1.165, 1.54) is 0 Å². The van der Waals surface area contributed by atoms with Crippen LogP contribution in [-0.4, -0.2) is 54.2 Å². The van der Waals surface area contributed by atoms with Gasteiger partial charge in [-0.1, -0.05) is 6.92 Å². The highest BCUT2D eigenvalue weighted by Crippen LogP contribution is 2.29. The van der Waals surface area contributed by atoms with Gasteiger partial charge in [-0.15, -0.1) is 35.3 Å². The molecule has 0 saturated carbocycles. The maximum absolute atomic E-state index is 12.6. The van der Waals surface area contributed by atoms with Crippen molar-refractivity contribution in [3.8, 4) is 0 Å². The average molecular weight is 551 g/mol. The first-order valence-corrected chi connectivity index (χ1v) is 9.78. The van der Waals surface area contributed by atoms with E-state index in [-0.39, 0.29) is 36.6 Å². The molecular formula is C17H29F3IN5O2S. The Balaban J connectivity index is 0.00000784. The predicted molar refractivity (Wildman–Crippen MR) is 119 cm³/mol. The van der Waals surface area contributed by atoms with E-state index in [2.05, 4.69) is 20.6 Å². The number of carbonyl (C=O) groups excluding carboxylic acids is 1. The number of alkyl halides is 3. The molecule has 0 aliphatic heterocycles. The molecule has 2 N–H and O–H groups in total. The number of carbonyl (C=O) groups is 1. The fourth-order valence-corrected chi connectivity index (χ4v) is 2.84. The zero-order valence-electron chi connectivity index (χ0n) is 17.2. The second-order valence-electron chi connectivity index (χ2n) is 6.94. The summed E-state index contributed by atoms with van der Waals surface area (Å²) in [6.07, 6.45) is -4.04. The summed E-state index contributed by atoms with van der Waals surface area (Å²) in [5, 5.41) is 7.22. The van der Waals surface area contributed by atoms with Gasteiger partial charge in [-0.3, -0.25) is 4.99 Å². The normalized spacial score (nSPS) is 12.2. The van der Waals surface area contributed by atoms with E-state index in [1.54, 1.807) is 11.9 Å². The Bertz CT molecular complexity index is 662. The van der Waals surface area contributed by atoms with Crippen molar-refractivity contribution in [2.45, 2.75) is 52.4 Å². The minimum Gasteiger partial charge on any atom is -0.444 e. The number of amides is 1. The molecule has 0 bridgehead atoms. The molecule has 168 valence electrons. The van der Waals surface area contributed by atoms with Gasteiger partial charge in [-0.05, 0) is 27.2 Å². The summed E-state index contributed by atoms with van der Waals surface area (Å²) in [6.45, 7) is 8.87. The van der Waals surface area contributed by atoms with Crippen LogP contribution in [0.5, 0.6) is 0 Å². The van der Waals surface area contributed by atoms with Gasteiger partial charge in [0.1, 0.15) is 10.6 Å². The smallest absolute Gasteiger partial charge is 0.434 e. The number of rotatable bonds is 7. The number of halogens is 4. The topological polar surface area (TPSA) is 78.9 Å². The average Bonchev–Trinajstić information content (AvgIpc) is 3.04. The number of nitrogens with one attached hydrogen (secondary N) is 2. The van der Waals surface area contributed by atoms with Crippen LogP contribution in [0.4, 0.5) is 18.0 Å². The van der Waals surface area contributed by atoms with Crippen molar-refractivity contribution in [2.75, 3.05) is 26.7 Å². The lowest BCUT2D eigenvalue weighted by Crippen LogP contribution is -2.44. The van der Waals surface area contributed by atoms with Gasteiger partial charge >= 0.3 is 12.3 Å². The zero-order chi connectivity index (χ0) is 21.4. The zero-order valence-corrected chi connectivity index (χ0v) is 20.4. The first-order chi connectivity index (χ1) is 13.0. The van der Waals surface area contributed by atoms with Gasteiger partial charge in [0, 0.05) is 32.1 Å². The highest BCUT2D eigenvalue weighted by Gasteiger charge is 2.33. The Morgan fingerprint density at radius 3 is 2.41 bits per heavy atom. The minimum atomic E-state index is -4.45. The Labute approximate surface area is 190 Å². The second kappa shape index (κ2) is 12.4. The summed E-state index contributed by atoms with van der Waals surface area (Å²) in [5.41, 5.74) is -1.47. The number of hydrogen-bond donors (Lipinski definition) is 2. The highest BCUT2D eigenvalue weighted by molar-refractivity contribution is 14.0. The van der Waals surface area contributed by atoms with Crippen LogP contribution in [0.3, 0.4) is 0 Å². The number of aromatic nitrogens is 1. The standard InChI is InChI=1S/C17H28F3N5O2S.HI/c1-6-8-25(15(26)27-16(2,3)4)9-7-22-14(21-5)23-10-13-24-12(11-28-13)17(18,19)20;/h11H,6-10H2,1-5H3,(H2,21,22,23);1H. The lowest BCUT2D eigenvalue weighted by Gasteiger charge is -2.27. The minimum absolute atomic E-state index is 0. The Morgan fingerprint density at radius 1 is 1.28 bits per heavy atom. The molecular weight excluding hydrogens is 522 g/mol. The van der Waals surface area contributed by atoms with E-state index in [0.29, 0.717) is 30.6 Å². The van der Waals surface area contributed by atoms with Crippen molar-refractivity contribution in [2.24, 2.45) is 4.99 Å². The first-order valence-electron chi connectivity index (χ1n) is 8.90. The van der Waals surface area contributed by atoms with Crippen molar-refractivity contribution in [1.29, 1.82) is 0 Å². The highest BCUT2D eigenvalue weighted by atomic mass is 127. The SMILES string of the molecule is CCCN(CCNC(=NC)NCc1nc(C(F)(F)F)cs1)C(=O)OC(C)(C)C.I. The largest absolute Gasteiger partial charge is 0.444 e. The summed E-state index contributed by atoms with van der Waals surface area (Å²) in [4.78, 5) is 21.4. The molecule has 0 fully saturated rings. The quantitative estimate of drug-likeness (QED) is 0.303. The van der Waals surface area contributed by atoms with Crippen LogP contribution in [0.2, 0.25) is 0 Å². The van der Waals surface area contributed by atoms with E-state index in [9.17, 15) is 18.0 Å². The Hall–Kier alpha value is -1.31. The number of thiazole rings is 1. The van der Waals surface area contributed by atoms with Gasteiger partial charge in [0.05, 0.1) is 6.54 Å². The molecule has 1 aromatic heterocycles. The van der Waals surface area contributed by atoms with E-state index < -0.39 is 17.5 Å². The molecule has 0 aliphatic rings. The van der Waals surface area contributed by atoms with Gasteiger partial charge in [0.15, 0.2) is 11.7 Å². The molecule has 0 saturated heterocycles. The lowest BCUT2D eigenvalue weighted by atomic mass is 10.2. The number of aliphatic imine (C=N–C) groups is 1. The summed E-state index contributed by atoms with van der Waals surface area (Å²) in [7, 11) is 1.55. The van der Waals surface area contributed by atoms with Crippen molar-refractivity contribution in [3.63, 3.8) is 0 Å². The molecule has 0 aromatic carbocycles. The van der Waals surface area contributed by atoms with Crippen LogP contribution >= 0.6 is 35.3 Å². The number of ether oxygens (including phenoxy) is 1. The third kappa shape index (κ3) is 10.9. The van der Waals surface area contributed by atoms with Gasteiger partial charge in [0.25, 0.3) is 0 Å². The van der Waals surface area contributed by atoms with Crippen LogP contribution in [-0.2, 0) is 17.5 Å². The summed E-state index contributed by atoms with van der Waals surface area (Å²) >= 11 is 0.928. The predicted octanol–water partition coefficient (Wildman–Crippen LogP) is 4.09. The van der Waals surface area contributed by atoms with Gasteiger partial charge in [-0.2, -0.15) is 13.2 Å². The monoisotopic (exact) mass is 551 g/mol. The van der Waals surface area contributed by atoms with Gasteiger partial charge < -0.3 is 20.3 Å². The van der Waals surface area contributed by atoms with Crippen LogP contribution < -0.4 is 10.6 Å². The molecule has 1 heterocycles. The summed E-state index contributed by atoms with van der Waals surface area (Å²) < 4.78 is 43.1. The second-order valence-corrected chi connectivity index (χ2v) is 7.89. The number of nitrogens with zero attached hydrogens (tertiary/aromatic N) is 3. The Morgan fingerprint density at radius 2 is 1.93 bits per heavy atom. The molecule has 1 rings (SSSR count). The van der Waals surface area contributed by atoms with Gasteiger partial charge in [0.2, 0.25) is 0 Å². The van der Waals surface area contributed by atoms with Crippen LogP contribution in [0.25, 0.3) is 0 Å². The van der Waals surface area contributed by atoms with Crippen molar-refractivity contribution >= 4 is 47.4 Å². The molecule has 0 radical (unpaired) electrons. The van der Waals surface area contributed by atoms with Crippen LogP contribution in [0, 0.1) is 0 Å². The summed E-state index contributed by atoms with van der Waals surface area (Å²) in [5.74, 6) is 0.407. The molecule has 7 nitrogen and oxygen atoms in total. The number of guanidine groups is 1. The maximum Gasteiger partial charge on any atom is 0.434 e. The van der Waals surface area contributed by atoms with Crippen molar-refractivity contribution in [3.05, 3.63) is 16.1 Å². The lowest BCUT2D eigenvalue weighted by molar-refractivity contribution is -0.140. The third-order valence-corrected chi connectivity index (χ3v) is 4.14. The van der Waals surface area contributed by atoms with Crippen molar-refractivity contribution in [1.82, 2.24) is 20.5 Å². The van der Waals surface area contributed by atoms with E-state index in [1.807, 2.05) is 27.7 Å². The Kier molecular flexibility index (Phi) is 11.8. The summed E-state index contributed by atoms with van der Waals surface area (Å²) in [6, 6.07) is 0. The fraction of sp³-hybridized carbons (Fsp3) is 0.706. The third-order valence-electron chi connectivity index (χ3n) is 3.29. The van der Waals surface area contributed by atoms with Gasteiger partial charge in [-0.25, -0.2) is 9.78 Å². The maximum atomic E-state index is 12.6. The van der Waals surface area contributed by atoms with E-state index in [0.717, 1.165) is 23.1 Å². The molecule has 1 aromatic rings.